The molecule has 0 aromatic heterocycles. The van der Waals surface area contributed by atoms with Gasteiger partial charge in [-0.05, 0) is 0 Å². The van der Waals surface area contributed by atoms with Crippen LogP contribution in [-0.2, 0) is 17.3 Å². The number of halogens is 1. The zero-order chi connectivity index (χ0) is 8.08. The van der Waals surface area contributed by atoms with Gasteiger partial charge < -0.3 is 0 Å². The maximum atomic E-state index is 4.76. The zero-order valence-electron chi connectivity index (χ0n) is 6.50. The summed E-state index contributed by atoms with van der Waals surface area (Å²) in [4.78, 5) is 0. The molecule has 0 fully saturated rings. The molecule has 0 bridgehead atoms. The standard InChI is InChI=1S/C6H13Si.ClH.Zn/c1-6(2)7(3,4)5;;/h1-2H2,3-5H3;1H;/q-1;;+2/p-1. The van der Waals surface area contributed by atoms with Crippen molar-refractivity contribution in [1.29, 1.82) is 0 Å². The van der Waals surface area contributed by atoms with Crippen molar-refractivity contribution < 1.29 is 17.3 Å². The van der Waals surface area contributed by atoms with Gasteiger partial charge in [-0.2, -0.15) is 0 Å². The summed E-state index contributed by atoms with van der Waals surface area (Å²) >= 11 is 0.847. The molecule has 0 radical (unpaired) electrons. The molecule has 0 saturated carbocycles. The van der Waals surface area contributed by atoms with Gasteiger partial charge in [0.05, 0.1) is 0 Å². The van der Waals surface area contributed by atoms with E-state index >= 15 is 0 Å². The Morgan fingerprint density at radius 1 is 1.44 bits per heavy atom. The first-order valence-corrected chi connectivity index (χ1v) is 10.1. The van der Waals surface area contributed by atoms with Crippen molar-refractivity contribution in [3.05, 3.63) is 18.7 Å². The molecule has 0 aromatic carbocycles. The molecule has 0 spiro atoms. The van der Waals surface area contributed by atoms with Gasteiger partial charge in [0.1, 0.15) is 0 Å². The van der Waals surface area contributed by atoms with E-state index in [2.05, 4.69) is 33.1 Å². The molecule has 3 heteroatoms. The van der Waals surface area contributed by atoms with Crippen LogP contribution in [-0.4, -0.2) is 8.07 Å². The SMILES string of the molecule is C=C([CH2-])[Si](C)(C)C.[Cl][Zn+]. The van der Waals surface area contributed by atoms with Gasteiger partial charge in [-0.15, -0.1) is 0 Å². The first kappa shape index (κ1) is 12.4. The van der Waals surface area contributed by atoms with E-state index in [0.717, 1.165) is 22.5 Å². The summed E-state index contributed by atoms with van der Waals surface area (Å²) in [5, 5.41) is 1.13. The van der Waals surface area contributed by atoms with Crippen LogP contribution in [0.25, 0.3) is 0 Å². The number of hydrogen-bond acceptors (Lipinski definition) is 0. The fraction of sp³-hybridized carbons (Fsp3) is 0.500. The first-order chi connectivity index (χ1) is 3.94. The summed E-state index contributed by atoms with van der Waals surface area (Å²) in [6.07, 6.45) is 0. The van der Waals surface area contributed by atoms with E-state index in [1.165, 1.54) is 0 Å². The average Bonchev–Trinajstić information content (AvgIpc) is 1.69. The Morgan fingerprint density at radius 3 is 1.56 bits per heavy atom. The van der Waals surface area contributed by atoms with Crippen LogP contribution in [0.3, 0.4) is 0 Å². The molecular weight excluding hydrogens is 201 g/mol. The second-order valence-corrected chi connectivity index (χ2v) is 8.06. The molecular formula is C6H13ClSiZn. The monoisotopic (exact) mass is 212 g/mol. The van der Waals surface area contributed by atoms with Crippen molar-refractivity contribution in [2.45, 2.75) is 19.6 Å². The predicted octanol–water partition coefficient (Wildman–Crippen LogP) is 2.94. The van der Waals surface area contributed by atoms with Crippen molar-refractivity contribution in [3.63, 3.8) is 0 Å². The van der Waals surface area contributed by atoms with Crippen molar-refractivity contribution in [2.75, 3.05) is 0 Å². The third-order valence-electron chi connectivity index (χ3n) is 1.06. The van der Waals surface area contributed by atoms with E-state index < -0.39 is 8.07 Å². The molecule has 0 unspecified atom stereocenters. The van der Waals surface area contributed by atoms with Crippen LogP contribution in [0.1, 0.15) is 0 Å². The molecule has 0 amide bonds. The molecule has 0 nitrogen and oxygen atoms in total. The Hall–Kier alpha value is 0.740. The average molecular weight is 214 g/mol. The van der Waals surface area contributed by atoms with Crippen molar-refractivity contribution >= 4 is 17.8 Å². The zero-order valence-corrected chi connectivity index (χ0v) is 11.2. The minimum atomic E-state index is -1.04. The molecule has 0 atom stereocenters. The predicted molar refractivity (Wildman–Crippen MR) is 43.7 cm³/mol. The summed E-state index contributed by atoms with van der Waals surface area (Å²) in [6.45, 7) is 14.3. The number of rotatable bonds is 1. The fourth-order valence-electron chi connectivity index (χ4n) is 0. The van der Waals surface area contributed by atoms with Gasteiger partial charge in [0.2, 0.25) is 0 Å². The normalized spacial score (nSPS) is 9.56. The van der Waals surface area contributed by atoms with Gasteiger partial charge in [0.15, 0.2) is 0 Å². The Bertz CT molecular complexity index is 85.5. The van der Waals surface area contributed by atoms with Gasteiger partial charge in [-0.1, -0.05) is 19.6 Å². The molecule has 0 aliphatic heterocycles. The Morgan fingerprint density at radius 2 is 1.56 bits per heavy atom. The number of hydrogen-bond donors (Lipinski definition) is 0. The molecule has 9 heavy (non-hydrogen) atoms. The summed E-state index contributed by atoms with van der Waals surface area (Å²) in [7, 11) is 3.72. The molecule has 0 N–H and O–H groups in total. The second kappa shape index (κ2) is 5.52. The van der Waals surface area contributed by atoms with Crippen LogP contribution in [0.4, 0.5) is 0 Å². The van der Waals surface area contributed by atoms with Crippen LogP contribution in [0.2, 0.25) is 19.6 Å². The third kappa shape index (κ3) is 8.74. The van der Waals surface area contributed by atoms with Gasteiger partial charge >= 0.3 is 27.0 Å². The topological polar surface area (TPSA) is 0 Å². The van der Waals surface area contributed by atoms with Gasteiger partial charge in [-0.3, -0.25) is 0 Å². The summed E-state index contributed by atoms with van der Waals surface area (Å²) in [5.74, 6) is 0. The number of allylic oxidation sites excluding steroid dienone is 1. The summed E-state index contributed by atoms with van der Waals surface area (Å²) in [5.41, 5.74) is 0. The Balaban J connectivity index is 0. The Kier molecular flexibility index (Phi) is 7.62. The van der Waals surface area contributed by atoms with Gasteiger partial charge in [0.25, 0.3) is 0 Å². The van der Waals surface area contributed by atoms with Crippen molar-refractivity contribution in [2.24, 2.45) is 0 Å². The van der Waals surface area contributed by atoms with E-state index in [0.29, 0.717) is 0 Å². The molecule has 0 aromatic rings. The second-order valence-electron chi connectivity index (χ2n) is 2.85. The van der Waals surface area contributed by atoms with Crippen LogP contribution in [0.5, 0.6) is 0 Å². The van der Waals surface area contributed by atoms with Crippen LogP contribution < -0.4 is 0 Å². The molecule has 50 valence electrons. The van der Waals surface area contributed by atoms with E-state index in [1.807, 2.05) is 0 Å². The summed E-state index contributed by atoms with van der Waals surface area (Å²) < 4.78 is 0. The third-order valence-corrected chi connectivity index (χ3v) is 3.18. The quantitative estimate of drug-likeness (QED) is 0.465. The van der Waals surface area contributed by atoms with E-state index in [9.17, 15) is 0 Å². The van der Waals surface area contributed by atoms with Crippen LogP contribution >= 0.6 is 9.69 Å². The molecule has 0 heterocycles. The van der Waals surface area contributed by atoms with Crippen molar-refractivity contribution in [1.82, 2.24) is 0 Å². The molecule has 0 rings (SSSR count). The van der Waals surface area contributed by atoms with Crippen LogP contribution in [0.15, 0.2) is 11.8 Å². The molecule has 0 aliphatic rings. The fourth-order valence-corrected chi connectivity index (χ4v) is 0. The van der Waals surface area contributed by atoms with Crippen LogP contribution in [0, 0.1) is 6.92 Å². The first-order valence-electron chi connectivity index (χ1n) is 2.72. The van der Waals surface area contributed by atoms with E-state index in [1.54, 1.807) is 0 Å². The molecule has 0 saturated heterocycles. The van der Waals surface area contributed by atoms with E-state index in [-0.39, 0.29) is 0 Å². The van der Waals surface area contributed by atoms with Crippen molar-refractivity contribution in [3.8, 4) is 0 Å². The van der Waals surface area contributed by atoms with E-state index in [4.69, 9.17) is 9.69 Å². The minimum absolute atomic E-state index is 0.847. The maximum absolute atomic E-state index is 4.76. The summed E-state index contributed by atoms with van der Waals surface area (Å²) in [6, 6.07) is 0. The molecule has 0 aliphatic carbocycles. The van der Waals surface area contributed by atoms with Gasteiger partial charge in [0, 0.05) is 8.07 Å². The van der Waals surface area contributed by atoms with Gasteiger partial charge in [-0.25, -0.2) is 18.7 Å². The Labute approximate surface area is 73.4 Å².